The van der Waals surface area contributed by atoms with Gasteiger partial charge in [0.2, 0.25) is 0 Å². The fourth-order valence-corrected chi connectivity index (χ4v) is 3.96. The number of hydrogen-bond donors (Lipinski definition) is 1. The average molecular weight is 418 g/mol. The third-order valence-electron chi connectivity index (χ3n) is 5.57. The van der Waals surface area contributed by atoms with E-state index in [1.54, 1.807) is 0 Å². The van der Waals surface area contributed by atoms with Crippen molar-refractivity contribution in [2.75, 3.05) is 36.4 Å². The number of nitrogens with zero attached hydrogens (tertiary/aromatic N) is 2. The second kappa shape index (κ2) is 9.18. The molecule has 5 heteroatoms. The van der Waals surface area contributed by atoms with Gasteiger partial charge < -0.3 is 19.9 Å². The van der Waals surface area contributed by atoms with E-state index in [-0.39, 0.29) is 0 Å². The molecule has 1 aliphatic rings. The molecule has 0 atom stereocenters. The van der Waals surface area contributed by atoms with E-state index in [0.29, 0.717) is 0 Å². The number of anilines is 2. The third kappa shape index (κ3) is 4.74. The van der Waals surface area contributed by atoms with E-state index in [4.69, 9.17) is 17.0 Å². The van der Waals surface area contributed by atoms with E-state index in [9.17, 15) is 0 Å². The molecule has 0 bridgehead atoms. The maximum Gasteiger partial charge on any atom is 0.173 e. The molecule has 1 fully saturated rings. The summed E-state index contributed by atoms with van der Waals surface area (Å²) in [5.74, 6) is 1.63. The molecule has 0 aromatic heterocycles. The van der Waals surface area contributed by atoms with Crippen LogP contribution in [0, 0.1) is 13.8 Å². The predicted molar refractivity (Wildman–Crippen MR) is 129 cm³/mol. The summed E-state index contributed by atoms with van der Waals surface area (Å²) in [4.78, 5) is 4.70. The standard InChI is InChI=1S/C25H27N3OS/c1-19-7-6-10-24(20(19)2)27-15-17-28(18-16-27)25(30)26-21-11-13-23(14-12-21)29-22-8-4-3-5-9-22/h3-14H,15-18H2,1-2H3,(H,26,30). The highest BCUT2D eigenvalue weighted by Gasteiger charge is 2.20. The van der Waals surface area contributed by atoms with Crippen LogP contribution >= 0.6 is 12.2 Å². The zero-order valence-electron chi connectivity index (χ0n) is 17.5. The van der Waals surface area contributed by atoms with Crippen LogP contribution in [0.2, 0.25) is 0 Å². The van der Waals surface area contributed by atoms with Crippen molar-refractivity contribution in [1.82, 2.24) is 4.90 Å². The average Bonchev–Trinajstić information content (AvgIpc) is 2.78. The number of thiocarbonyl (C=S) groups is 1. The highest BCUT2D eigenvalue weighted by molar-refractivity contribution is 7.80. The number of rotatable bonds is 4. The molecule has 0 saturated carbocycles. The fourth-order valence-electron chi connectivity index (χ4n) is 3.66. The first-order chi connectivity index (χ1) is 14.6. The van der Waals surface area contributed by atoms with Crippen LogP contribution in [-0.2, 0) is 0 Å². The van der Waals surface area contributed by atoms with Gasteiger partial charge >= 0.3 is 0 Å². The van der Waals surface area contributed by atoms with Gasteiger partial charge in [-0.3, -0.25) is 0 Å². The number of ether oxygens (including phenoxy) is 1. The molecule has 3 aromatic rings. The van der Waals surface area contributed by atoms with E-state index in [1.165, 1.54) is 16.8 Å². The molecule has 1 aliphatic heterocycles. The van der Waals surface area contributed by atoms with Gasteiger partial charge in [0.05, 0.1) is 0 Å². The normalized spacial score (nSPS) is 13.8. The first-order valence-corrected chi connectivity index (χ1v) is 10.7. The molecule has 4 nitrogen and oxygen atoms in total. The van der Waals surface area contributed by atoms with Gasteiger partial charge in [-0.1, -0.05) is 30.3 Å². The minimum atomic E-state index is 0.771. The Balaban J connectivity index is 1.31. The zero-order chi connectivity index (χ0) is 20.9. The van der Waals surface area contributed by atoms with Crippen LogP contribution in [0.4, 0.5) is 11.4 Å². The molecule has 0 radical (unpaired) electrons. The van der Waals surface area contributed by atoms with E-state index in [2.05, 4.69) is 47.2 Å². The van der Waals surface area contributed by atoms with E-state index < -0.39 is 0 Å². The molecule has 0 aliphatic carbocycles. The van der Waals surface area contributed by atoms with Crippen molar-refractivity contribution < 1.29 is 4.74 Å². The molecule has 4 rings (SSSR count). The van der Waals surface area contributed by atoms with Crippen LogP contribution < -0.4 is 15.0 Å². The van der Waals surface area contributed by atoms with Crippen molar-refractivity contribution in [3.8, 4) is 11.5 Å². The lowest BCUT2D eigenvalue weighted by Gasteiger charge is -2.38. The summed E-state index contributed by atoms with van der Waals surface area (Å²) >= 11 is 5.66. The molecular formula is C25H27N3OS. The van der Waals surface area contributed by atoms with Crippen molar-refractivity contribution in [3.05, 3.63) is 83.9 Å². The number of para-hydroxylation sites is 1. The van der Waals surface area contributed by atoms with Crippen molar-refractivity contribution in [1.29, 1.82) is 0 Å². The molecule has 0 unspecified atom stereocenters. The number of benzene rings is 3. The maximum atomic E-state index is 5.85. The molecule has 3 aromatic carbocycles. The number of piperazine rings is 1. The van der Waals surface area contributed by atoms with Gasteiger partial charge in [-0.15, -0.1) is 0 Å². The highest BCUT2D eigenvalue weighted by Crippen LogP contribution is 2.25. The molecule has 30 heavy (non-hydrogen) atoms. The Hall–Kier alpha value is -3.05. The van der Waals surface area contributed by atoms with Crippen LogP contribution in [0.1, 0.15) is 11.1 Å². The first kappa shape index (κ1) is 20.2. The van der Waals surface area contributed by atoms with Crippen LogP contribution in [0.25, 0.3) is 0 Å². The Morgan fingerprint density at radius 2 is 1.47 bits per heavy atom. The maximum absolute atomic E-state index is 5.85. The van der Waals surface area contributed by atoms with Gasteiger partial charge in [-0.25, -0.2) is 0 Å². The molecule has 154 valence electrons. The van der Waals surface area contributed by atoms with Crippen molar-refractivity contribution in [2.45, 2.75) is 13.8 Å². The van der Waals surface area contributed by atoms with Crippen molar-refractivity contribution >= 4 is 28.7 Å². The van der Waals surface area contributed by atoms with E-state index >= 15 is 0 Å². The van der Waals surface area contributed by atoms with E-state index in [1.807, 2.05) is 54.6 Å². The Morgan fingerprint density at radius 3 is 2.17 bits per heavy atom. The topological polar surface area (TPSA) is 27.7 Å². The second-order valence-corrected chi connectivity index (χ2v) is 7.95. The minimum absolute atomic E-state index is 0.771. The van der Waals surface area contributed by atoms with Gasteiger partial charge in [0.15, 0.2) is 5.11 Å². The Bertz CT molecular complexity index is 997. The molecule has 0 amide bonds. The van der Waals surface area contributed by atoms with Crippen LogP contribution in [0.15, 0.2) is 72.8 Å². The lowest BCUT2D eigenvalue weighted by molar-refractivity contribution is 0.390. The Labute approximate surface area is 184 Å². The molecule has 1 saturated heterocycles. The summed E-state index contributed by atoms with van der Waals surface area (Å²) in [5.41, 5.74) is 5.01. The lowest BCUT2D eigenvalue weighted by atomic mass is 10.1. The fraction of sp³-hybridized carbons (Fsp3) is 0.240. The summed E-state index contributed by atoms with van der Waals surface area (Å²) in [6, 6.07) is 24.2. The summed E-state index contributed by atoms with van der Waals surface area (Å²) in [5, 5.41) is 4.13. The largest absolute Gasteiger partial charge is 0.457 e. The summed E-state index contributed by atoms with van der Waals surface area (Å²) in [7, 11) is 0. The van der Waals surface area contributed by atoms with Crippen LogP contribution in [-0.4, -0.2) is 36.2 Å². The molecule has 1 heterocycles. The van der Waals surface area contributed by atoms with E-state index in [0.717, 1.165) is 48.5 Å². The number of aryl methyl sites for hydroxylation is 1. The highest BCUT2D eigenvalue weighted by atomic mass is 32.1. The van der Waals surface area contributed by atoms with Crippen LogP contribution in [0.3, 0.4) is 0 Å². The van der Waals surface area contributed by atoms with Gasteiger partial charge in [0, 0.05) is 37.6 Å². The number of hydrogen-bond acceptors (Lipinski definition) is 3. The summed E-state index contributed by atoms with van der Waals surface area (Å²) in [6.45, 7) is 8.13. The van der Waals surface area contributed by atoms with Gasteiger partial charge in [0.25, 0.3) is 0 Å². The third-order valence-corrected chi connectivity index (χ3v) is 5.93. The predicted octanol–water partition coefficient (Wildman–Crippen LogP) is 5.61. The Morgan fingerprint density at radius 1 is 0.800 bits per heavy atom. The summed E-state index contributed by atoms with van der Waals surface area (Å²) < 4.78 is 5.85. The van der Waals surface area contributed by atoms with Crippen molar-refractivity contribution in [2.24, 2.45) is 0 Å². The molecular weight excluding hydrogens is 390 g/mol. The van der Waals surface area contributed by atoms with Gasteiger partial charge in [-0.05, 0) is 79.7 Å². The van der Waals surface area contributed by atoms with Crippen molar-refractivity contribution in [3.63, 3.8) is 0 Å². The van der Waals surface area contributed by atoms with Gasteiger partial charge in [-0.2, -0.15) is 0 Å². The molecule has 1 N–H and O–H groups in total. The monoisotopic (exact) mass is 417 g/mol. The summed E-state index contributed by atoms with van der Waals surface area (Å²) in [6.07, 6.45) is 0. The number of nitrogens with one attached hydrogen (secondary N) is 1. The smallest absolute Gasteiger partial charge is 0.173 e. The quantitative estimate of drug-likeness (QED) is 0.557. The van der Waals surface area contributed by atoms with Gasteiger partial charge in [0.1, 0.15) is 11.5 Å². The zero-order valence-corrected chi connectivity index (χ0v) is 18.3. The molecule has 0 spiro atoms. The lowest BCUT2D eigenvalue weighted by Crippen LogP contribution is -2.50. The van der Waals surface area contributed by atoms with Crippen LogP contribution in [0.5, 0.6) is 11.5 Å². The SMILES string of the molecule is Cc1cccc(N2CCN(C(=S)Nc3ccc(Oc4ccccc4)cc3)CC2)c1C. The minimum Gasteiger partial charge on any atom is -0.457 e. The second-order valence-electron chi connectivity index (χ2n) is 7.56. The Kier molecular flexibility index (Phi) is 6.19. The first-order valence-electron chi connectivity index (χ1n) is 10.3.